The predicted octanol–water partition coefficient (Wildman–Crippen LogP) is 16.2. The Balaban J connectivity index is 0.906. The van der Waals surface area contributed by atoms with Gasteiger partial charge in [-0.05, 0) is 154 Å². The van der Waals surface area contributed by atoms with Crippen LogP contribution in [-0.2, 0) is 10.8 Å². The lowest BCUT2D eigenvalue weighted by atomic mass is 9.84. The third-order valence-corrected chi connectivity index (χ3v) is 13.2. The lowest BCUT2D eigenvalue weighted by Gasteiger charge is -2.21. The molecule has 0 fully saturated rings. The van der Waals surface area contributed by atoms with E-state index in [2.05, 4.69) is 187 Å². The molecule has 0 N–H and O–H groups in total. The van der Waals surface area contributed by atoms with Crippen molar-refractivity contribution in [3.8, 4) is 55.6 Å². The molecule has 0 saturated heterocycles. The van der Waals surface area contributed by atoms with Gasteiger partial charge in [0.25, 0.3) is 0 Å². The smallest absolute Gasteiger partial charge is 0.00139 e. The van der Waals surface area contributed by atoms with Gasteiger partial charge >= 0.3 is 0 Å². The monoisotopic (exact) mass is 714 g/mol. The van der Waals surface area contributed by atoms with Crippen molar-refractivity contribution in [1.29, 1.82) is 0 Å². The zero-order valence-corrected chi connectivity index (χ0v) is 32.9. The largest absolute Gasteiger partial charge is 0.0561 e. The van der Waals surface area contributed by atoms with E-state index in [4.69, 9.17) is 0 Å². The van der Waals surface area contributed by atoms with Crippen LogP contribution < -0.4 is 0 Å². The summed E-state index contributed by atoms with van der Waals surface area (Å²) in [6, 6.07) is 56.1. The Hall–Kier alpha value is -6.24. The van der Waals surface area contributed by atoms with Crippen molar-refractivity contribution in [3.05, 3.63) is 157 Å². The molecule has 0 heterocycles. The minimum Gasteiger partial charge on any atom is -0.0561 e. The maximum Gasteiger partial charge on any atom is -0.00139 e. The van der Waals surface area contributed by atoms with Gasteiger partial charge in [-0.2, -0.15) is 0 Å². The van der Waals surface area contributed by atoms with Crippen molar-refractivity contribution < 1.29 is 0 Å². The maximum atomic E-state index is 2.45. The summed E-state index contributed by atoms with van der Waals surface area (Å²) in [6.07, 6.45) is 0. The summed E-state index contributed by atoms with van der Waals surface area (Å²) >= 11 is 0. The number of benzene rings is 10. The van der Waals surface area contributed by atoms with E-state index in [1.807, 2.05) is 0 Å². The first-order chi connectivity index (χ1) is 27.0. The summed E-state index contributed by atoms with van der Waals surface area (Å²) in [5, 5.41) is 16.5. The summed E-state index contributed by atoms with van der Waals surface area (Å²) in [4.78, 5) is 0. The molecule has 10 aromatic carbocycles. The van der Waals surface area contributed by atoms with Crippen LogP contribution in [0.2, 0.25) is 0 Å². The van der Waals surface area contributed by atoms with E-state index in [0.29, 0.717) is 0 Å². The highest BCUT2D eigenvalue weighted by molar-refractivity contribution is 6.35. The second kappa shape index (κ2) is 10.7. The van der Waals surface area contributed by atoms with Crippen LogP contribution in [-0.4, -0.2) is 0 Å². The van der Waals surface area contributed by atoms with Crippen LogP contribution in [0, 0.1) is 0 Å². The first-order valence-electron chi connectivity index (χ1n) is 20.2. The second-order valence-electron chi connectivity index (χ2n) is 18.5. The molecule has 266 valence electrons. The Morgan fingerprint density at radius 2 is 0.589 bits per heavy atom. The van der Waals surface area contributed by atoms with Gasteiger partial charge in [-0.25, -0.2) is 0 Å². The van der Waals surface area contributed by atoms with Crippen molar-refractivity contribution in [3.63, 3.8) is 0 Å². The highest BCUT2D eigenvalue weighted by Gasteiger charge is 2.27. The molecule has 0 spiro atoms. The van der Waals surface area contributed by atoms with Gasteiger partial charge in [0.05, 0.1) is 0 Å². The summed E-state index contributed by atoms with van der Waals surface area (Å²) in [7, 11) is 0. The quantitative estimate of drug-likeness (QED) is 0.160. The Morgan fingerprint density at radius 3 is 0.982 bits per heavy atom. The molecule has 0 heteroatoms. The minimum atomic E-state index is 0.0920. The highest BCUT2D eigenvalue weighted by atomic mass is 14.3. The molecule has 0 unspecified atom stereocenters. The zero-order valence-electron chi connectivity index (χ0n) is 32.9. The van der Waals surface area contributed by atoms with Crippen molar-refractivity contribution in [2.75, 3.05) is 0 Å². The molecule has 0 amide bonds. The molecule has 0 aliphatic heterocycles. The molecule has 2 aliphatic carbocycles. The van der Waals surface area contributed by atoms with Crippen LogP contribution in [0.15, 0.2) is 146 Å². The van der Waals surface area contributed by atoms with Gasteiger partial charge in [0.1, 0.15) is 0 Å². The van der Waals surface area contributed by atoms with Crippen molar-refractivity contribution in [2.24, 2.45) is 0 Å². The van der Waals surface area contributed by atoms with Gasteiger partial charge < -0.3 is 0 Å². The molecule has 0 aromatic heterocycles. The van der Waals surface area contributed by atoms with Gasteiger partial charge in [0.15, 0.2) is 0 Å². The van der Waals surface area contributed by atoms with E-state index in [0.717, 1.165) is 0 Å². The molecule has 0 radical (unpaired) electrons. The average molecular weight is 715 g/mol. The number of fused-ring (bicyclic) bond motifs is 2. The topological polar surface area (TPSA) is 0 Å². The van der Waals surface area contributed by atoms with E-state index in [1.165, 1.54) is 131 Å². The van der Waals surface area contributed by atoms with Crippen LogP contribution in [0.5, 0.6) is 0 Å². The molecule has 2 aliphatic rings. The standard InChI is InChI=1S/C56H42/c1-55(2,3)39-27-37-17-15-35-19-21-43-41(23-25-45-47(29-39)49(37)51(35)53(43)45)33-11-7-31(8-12-33)32-9-13-34(14-10-32)42-24-26-46-48-30-40(56(4,5)6)28-38-18-16-36-20-22-44(42)54(46)52(36)50(38)48/h7-30H,1-6H3. The van der Waals surface area contributed by atoms with E-state index in [9.17, 15) is 0 Å². The third kappa shape index (κ3) is 4.30. The van der Waals surface area contributed by atoms with E-state index in [1.54, 1.807) is 0 Å². The number of hydrogen-bond acceptors (Lipinski definition) is 0. The molecular formula is C56H42. The van der Waals surface area contributed by atoms with Gasteiger partial charge in [0.2, 0.25) is 0 Å². The van der Waals surface area contributed by atoms with Crippen LogP contribution in [0.1, 0.15) is 52.7 Å². The third-order valence-electron chi connectivity index (χ3n) is 13.2. The SMILES string of the molecule is CC(C)(C)c1cc2c3c(ccc4ccc5c(-c6ccc(-c7ccc(-c8ccc9c%10c8ccc8ccc%11cc(C(C)(C)C)cc-9c%11c8%10)cc7)cc6)ccc-2c5c43)c1. The Bertz CT molecular complexity index is 3150. The van der Waals surface area contributed by atoms with Crippen LogP contribution in [0.4, 0.5) is 0 Å². The maximum absolute atomic E-state index is 2.45. The van der Waals surface area contributed by atoms with Gasteiger partial charge in [0, 0.05) is 0 Å². The molecular weight excluding hydrogens is 673 g/mol. The first-order valence-corrected chi connectivity index (χ1v) is 20.2. The molecule has 56 heavy (non-hydrogen) atoms. The zero-order chi connectivity index (χ0) is 37.8. The summed E-state index contributed by atoms with van der Waals surface area (Å²) < 4.78 is 0. The summed E-state index contributed by atoms with van der Waals surface area (Å²) in [5.74, 6) is 0. The Kier molecular flexibility index (Phi) is 6.15. The van der Waals surface area contributed by atoms with E-state index < -0.39 is 0 Å². The summed E-state index contributed by atoms with van der Waals surface area (Å²) in [5.41, 5.74) is 16.0. The normalized spacial score (nSPS) is 13.2. The Morgan fingerprint density at radius 1 is 0.250 bits per heavy atom. The lowest BCUT2D eigenvalue weighted by Crippen LogP contribution is -2.10. The van der Waals surface area contributed by atoms with Crippen LogP contribution >= 0.6 is 0 Å². The van der Waals surface area contributed by atoms with E-state index in [-0.39, 0.29) is 10.8 Å². The fraction of sp³-hybridized carbons (Fsp3) is 0.143. The molecule has 12 rings (SSSR count). The first kappa shape index (κ1) is 32.0. The summed E-state index contributed by atoms with van der Waals surface area (Å²) in [6.45, 7) is 13.9. The highest BCUT2D eigenvalue weighted by Crippen LogP contribution is 2.52. The van der Waals surface area contributed by atoms with Crippen molar-refractivity contribution in [2.45, 2.75) is 52.4 Å². The van der Waals surface area contributed by atoms with Gasteiger partial charge in [-0.1, -0.05) is 175 Å². The van der Waals surface area contributed by atoms with Crippen LogP contribution in [0.3, 0.4) is 0 Å². The Labute approximate surface area is 328 Å². The fourth-order valence-corrected chi connectivity index (χ4v) is 10.2. The van der Waals surface area contributed by atoms with E-state index >= 15 is 0 Å². The minimum absolute atomic E-state index is 0.0920. The van der Waals surface area contributed by atoms with Crippen molar-refractivity contribution >= 4 is 64.6 Å². The van der Waals surface area contributed by atoms with Gasteiger partial charge in [-0.3, -0.25) is 0 Å². The van der Waals surface area contributed by atoms with Gasteiger partial charge in [-0.15, -0.1) is 0 Å². The van der Waals surface area contributed by atoms with Crippen molar-refractivity contribution in [1.82, 2.24) is 0 Å². The molecule has 10 aromatic rings. The number of hydrogen-bond donors (Lipinski definition) is 0. The lowest BCUT2D eigenvalue weighted by molar-refractivity contribution is 0.591. The van der Waals surface area contributed by atoms with Crippen LogP contribution in [0.25, 0.3) is 120 Å². The molecule has 0 saturated carbocycles. The molecule has 0 atom stereocenters. The predicted molar refractivity (Wildman–Crippen MR) is 243 cm³/mol. The average Bonchev–Trinajstić information content (AvgIpc) is 3.73. The number of rotatable bonds is 3. The second-order valence-corrected chi connectivity index (χ2v) is 18.5. The molecule has 0 nitrogen and oxygen atoms in total. The fourth-order valence-electron chi connectivity index (χ4n) is 10.2. The molecule has 0 bridgehead atoms.